The Balaban J connectivity index is 3.21. The van der Waals surface area contributed by atoms with Crippen molar-refractivity contribution in [2.24, 2.45) is 0 Å². The first-order valence-corrected chi connectivity index (χ1v) is 5.11. The molecule has 4 heteroatoms. The molecule has 0 aliphatic carbocycles. The van der Waals surface area contributed by atoms with Gasteiger partial charge in [-0.2, -0.15) is 0 Å². The second kappa shape index (κ2) is 4.87. The quantitative estimate of drug-likeness (QED) is 0.869. The Morgan fingerprint density at radius 3 is 2.57 bits per heavy atom. The van der Waals surface area contributed by atoms with Crippen molar-refractivity contribution in [3.05, 3.63) is 27.7 Å². The minimum atomic E-state index is -0.646. The number of benzene rings is 1. The van der Waals surface area contributed by atoms with Gasteiger partial charge in [-0.25, -0.2) is 0 Å². The molecule has 0 saturated heterocycles. The van der Waals surface area contributed by atoms with Gasteiger partial charge in [-0.05, 0) is 26.0 Å². The van der Waals surface area contributed by atoms with Gasteiger partial charge in [0, 0.05) is 10.6 Å². The van der Waals surface area contributed by atoms with Crippen LogP contribution in [0.2, 0.25) is 10.0 Å². The summed E-state index contributed by atoms with van der Waals surface area (Å²) in [6, 6.07) is 3.25. The van der Waals surface area contributed by atoms with Crippen LogP contribution < -0.4 is 4.74 Å². The fraction of sp³-hybridized carbons (Fsp3) is 0.400. The number of hydrogen-bond acceptors (Lipinski definition) is 2. The van der Waals surface area contributed by atoms with Crippen LogP contribution in [0.5, 0.6) is 5.75 Å². The van der Waals surface area contributed by atoms with E-state index in [-0.39, 0.29) is 0 Å². The molecule has 0 aliphatic heterocycles. The second-order valence-corrected chi connectivity index (χ2v) is 3.76. The fourth-order valence-corrected chi connectivity index (χ4v) is 1.75. The predicted octanol–water partition coefficient (Wildman–Crippen LogP) is 3.45. The molecular weight excluding hydrogens is 223 g/mol. The van der Waals surface area contributed by atoms with Crippen molar-refractivity contribution in [2.45, 2.75) is 20.0 Å². The van der Waals surface area contributed by atoms with Crippen LogP contribution in [-0.2, 0) is 0 Å². The van der Waals surface area contributed by atoms with Gasteiger partial charge in [0.2, 0.25) is 0 Å². The van der Waals surface area contributed by atoms with Crippen LogP contribution >= 0.6 is 23.2 Å². The van der Waals surface area contributed by atoms with Gasteiger partial charge in [-0.3, -0.25) is 0 Å². The maximum absolute atomic E-state index is 9.48. The zero-order chi connectivity index (χ0) is 10.7. The molecule has 0 saturated carbocycles. The van der Waals surface area contributed by atoms with E-state index >= 15 is 0 Å². The summed E-state index contributed by atoms with van der Waals surface area (Å²) in [6.45, 7) is 4.00. The van der Waals surface area contributed by atoms with Crippen LogP contribution in [-0.4, -0.2) is 11.7 Å². The minimum Gasteiger partial charge on any atom is -0.492 e. The number of halogens is 2. The lowest BCUT2D eigenvalue weighted by Crippen LogP contribution is -2.00. The zero-order valence-electron chi connectivity index (χ0n) is 8.05. The Morgan fingerprint density at radius 2 is 2.07 bits per heavy atom. The Bertz CT molecular complexity index is 324. The van der Waals surface area contributed by atoms with Gasteiger partial charge in [0.25, 0.3) is 0 Å². The van der Waals surface area contributed by atoms with Crippen molar-refractivity contribution in [3.8, 4) is 5.75 Å². The number of aliphatic hydroxyl groups is 1. The highest BCUT2D eigenvalue weighted by atomic mass is 35.5. The van der Waals surface area contributed by atoms with Crippen LogP contribution in [0.4, 0.5) is 0 Å². The number of rotatable bonds is 3. The Kier molecular flexibility index (Phi) is 4.05. The van der Waals surface area contributed by atoms with Crippen molar-refractivity contribution in [3.63, 3.8) is 0 Å². The van der Waals surface area contributed by atoms with Crippen molar-refractivity contribution in [1.82, 2.24) is 0 Å². The van der Waals surface area contributed by atoms with E-state index in [0.29, 0.717) is 28.0 Å². The maximum Gasteiger partial charge on any atom is 0.143 e. The molecule has 0 aliphatic rings. The zero-order valence-corrected chi connectivity index (χ0v) is 9.56. The van der Waals surface area contributed by atoms with Gasteiger partial charge in [-0.1, -0.05) is 23.2 Å². The lowest BCUT2D eigenvalue weighted by atomic mass is 10.1. The molecule has 0 spiro atoms. The minimum absolute atomic E-state index is 0.426. The molecule has 1 rings (SSSR count). The van der Waals surface area contributed by atoms with Crippen LogP contribution in [0, 0.1) is 0 Å². The molecule has 1 N–H and O–H groups in total. The first-order valence-electron chi connectivity index (χ1n) is 4.36. The standard InChI is InChI=1S/C10H12Cl2O2/c1-3-14-10-8(6(2)13)4-7(11)5-9(10)12/h4-6,13H,3H2,1-2H3. The Labute approximate surface area is 93.4 Å². The van der Waals surface area contributed by atoms with Gasteiger partial charge in [0.1, 0.15) is 5.75 Å². The van der Waals surface area contributed by atoms with Crippen LogP contribution in [0.15, 0.2) is 12.1 Å². The highest BCUT2D eigenvalue weighted by Crippen LogP contribution is 2.35. The van der Waals surface area contributed by atoms with Crippen molar-refractivity contribution in [1.29, 1.82) is 0 Å². The van der Waals surface area contributed by atoms with E-state index in [2.05, 4.69) is 0 Å². The molecule has 0 bridgehead atoms. The van der Waals surface area contributed by atoms with Crippen LogP contribution in [0.1, 0.15) is 25.5 Å². The summed E-state index contributed by atoms with van der Waals surface area (Å²) < 4.78 is 5.33. The van der Waals surface area contributed by atoms with E-state index in [4.69, 9.17) is 27.9 Å². The molecular formula is C10H12Cl2O2. The third-order valence-corrected chi connectivity index (χ3v) is 2.27. The summed E-state index contributed by atoms with van der Waals surface area (Å²) in [5, 5.41) is 10.4. The molecule has 1 aromatic carbocycles. The third-order valence-electron chi connectivity index (χ3n) is 1.78. The Morgan fingerprint density at radius 1 is 1.43 bits per heavy atom. The van der Waals surface area contributed by atoms with Gasteiger partial charge in [0.05, 0.1) is 17.7 Å². The molecule has 0 amide bonds. The second-order valence-electron chi connectivity index (χ2n) is 2.91. The van der Waals surface area contributed by atoms with Gasteiger partial charge in [-0.15, -0.1) is 0 Å². The highest BCUT2D eigenvalue weighted by molar-refractivity contribution is 6.35. The van der Waals surface area contributed by atoms with Gasteiger partial charge < -0.3 is 9.84 Å². The largest absolute Gasteiger partial charge is 0.492 e. The van der Waals surface area contributed by atoms with E-state index in [1.165, 1.54) is 0 Å². The maximum atomic E-state index is 9.48. The first-order chi connectivity index (χ1) is 6.56. The van der Waals surface area contributed by atoms with Gasteiger partial charge in [0.15, 0.2) is 0 Å². The number of ether oxygens (including phenoxy) is 1. The number of aliphatic hydroxyl groups excluding tert-OH is 1. The molecule has 1 unspecified atom stereocenters. The summed E-state index contributed by atoms with van der Waals surface area (Å²) in [4.78, 5) is 0. The van der Waals surface area contributed by atoms with E-state index < -0.39 is 6.10 Å². The van der Waals surface area contributed by atoms with E-state index in [9.17, 15) is 5.11 Å². The van der Waals surface area contributed by atoms with Crippen molar-refractivity contribution >= 4 is 23.2 Å². The molecule has 0 heterocycles. The molecule has 14 heavy (non-hydrogen) atoms. The van der Waals surface area contributed by atoms with E-state index in [1.54, 1.807) is 19.1 Å². The summed E-state index contributed by atoms with van der Waals surface area (Å²) in [5.41, 5.74) is 0.615. The topological polar surface area (TPSA) is 29.5 Å². The monoisotopic (exact) mass is 234 g/mol. The van der Waals surface area contributed by atoms with E-state index in [0.717, 1.165) is 0 Å². The van der Waals surface area contributed by atoms with E-state index in [1.807, 2.05) is 6.92 Å². The molecule has 78 valence electrons. The third kappa shape index (κ3) is 2.53. The number of hydrogen-bond donors (Lipinski definition) is 1. The molecule has 1 aromatic rings. The average molecular weight is 235 g/mol. The van der Waals surface area contributed by atoms with Crippen LogP contribution in [0.3, 0.4) is 0 Å². The Hall–Kier alpha value is -0.440. The smallest absolute Gasteiger partial charge is 0.143 e. The van der Waals surface area contributed by atoms with Crippen molar-refractivity contribution in [2.75, 3.05) is 6.61 Å². The molecule has 2 nitrogen and oxygen atoms in total. The fourth-order valence-electron chi connectivity index (χ4n) is 1.19. The molecule has 0 radical (unpaired) electrons. The van der Waals surface area contributed by atoms with Gasteiger partial charge >= 0.3 is 0 Å². The SMILES string of the molecule is CCOc1c(Cl)cc(Cl)cc1C(C)O. The van der Waals surface area contributed by atoms with Crippen molar-refractivity contribution < 1.29 is 9.84 Å². The summed E-state index contributed by atoms with van der Waals surface area (Å²) in [5.74, 6) is 0.508. The first kappa shape index (κ1) is 11.6. The highest BCUT2D eigenvalue weighted by Gasteiger charge is 2.13. The average Bonchev–Trinajstić information content (AvgIpc) is 2.09. The lowest BCUT2D eigenvalue weighted by Gasteiger charge is -2.14. The normalized spacial score (nSPS) is 12.6. The summed E-state index contributed by atoms with van der Waals surface area (Å²) >= 11 is 11.8. The molecule has 0 fully saturated rings. The molecule has 1 atom stereocenters. The predicted molar refractivity (Wildman–Crippen MR) is 58.3 cm³/mol. The summed E-state index contributed by atoms with van der Waals surface area (Å²) in [6.07, 6.45) is -0.646. The summed E-state index contributed by atoms with van der Waals surface area (Å²) in [7, 11) is 0. The van der Waals surface area contributed by atoms with Crippen LogP contribution in [0.25, 0.3) is 0 Å². The lowest BCUT2D eigenvalue weighted by molar-refractivity contribution is 0.192. The molecule has 0 aromatic heterocycles.